The van der Waals surface area contributed by atoms with E-state index in [9.17, 15) is 4.79 Å². The van der Waals surface area contributed by atoms with Gasteiger partial charge in [0.15, 0.2) is 0 Å². The van der Waals surface area contributed by atoms with Crippen molar-refractivity contribution in [2.24, 2.45) is 0 Å². The molecule has 7 heteroatoms. The van der Waals surface area contributed by atoms with Gasteiger partial charge in [0.1, 0.15) is 5.75 Å². The van der Waals surface area contributed by atoms with Crippen molar-refractivity contribution in [3.63, 3.8) is 0 Å². The molecule has 0 bridgehead atoms. The highest BCUT2D eigenvalue weighted by atomic mass is 35.5. The minimum Gasteiger partial charge on any atom is -0.497 e. The first-order chi connectivity index (χ1) is 12.5. The van der Waals surface area contributed by atoms with E-state index in [1.165, 1.54) is 12.4 Å². The lowest BCUT2D eigenvalue weighted by Gasteiger charge is -2.09. The quantitative estimate of drug-likeness (QED) is 0.696. The zero-order chi connectivity index (χ0) is 18.5. The van der Waals surface area contributed by atoms with Crippen molar-refractivity contribution in [1.29, 1.82) is 0 Å². The van der Waals surface area contributed by atoms with Crippen LogP contribution < -0.4 is 15.4 Å². The van der Waals surface area contributed by atoms with E-state index in [-0.39, 0.29) is 5.91 Å². The fourth-order valence-corrected chi connectivity index (χ4v) is 2.44. The molecule has 0 saturated carbocycles. The van der Waals surface area contributed by atoms with Gasteiger partial charge in [-0.25, -0.2) is 9.97 Å². The summed E-state index contributed by atoms with van der Waals surface area (Å²) in [5.74, 6) is 0.743. The Morgan fingerprint density at radius 3 is 2.62 bits per heavy atom. The molecule has 0 spiro atoms. The number of carbonyl (C=O) groups is 1. The number of methoxy groups -OCH3 is 1. The van der Waals surface area contributed by atoms with Crippen molar-refractivity contribution < 1.29 is 9.53 Å². The maximum atomic E-state index is 12.3. The topological polar surface area (TPSA) is 76.1 Å². The first-order valence-corrected chi connectivity index (χ1v) is 8.23. The van der Waals surface area contributed by atoms with Gasteiger partial charge in [-0.05, 0) is 36.8 Å². The van der Waals surface area contributed by atoms with Crippen molar-refractivity contribution in [1.82, 2.24) is 9.97 Å². The van der Waals surface area contributed by atoms with E-state index in [1.807, 2.05) is 19.1 Å². The summed E-state index contributed by atoms with van der Waals surface area (Å²) in [6, 6.07) is 12.6. The van der Waals surface area contributed by atoms with Crippen LogP contribution in [0.3, 0.4) is 0 Å². The summed E-state index contributed by atoms with van der Waals surface area (Å²) in [5.41, 5.74) is 2.80. The fourth-order valence-electron chi connectivity index (χ4n) is 2.26. The number of carbonyl (C=O) groups excluding carboxylic acids is 1. The fraction of sp³-hybridized carbons (Fsp3) is 0.105. The van der Waals surface area contributed by atoms with Gasteiger partial charge in [0.25, 0.3) is 5.91 Å². The summed E-state index contributed by atoms with van der Waals surface area (Å²) in [7, 11) is 1.57. The molecule has 6 nitrogen and oxygen atoms in total. The predicted molar refractivity (Wildman–Crippen MR) is 102 cm³/mol. The third-order valence-corrected chi connectivity index (χ3v) is 3.92. The molecule has 0 atom stereocenters. The molecule has 0 unspecified atom stereocenters. The van der Waals surface area contributed by atoms with Gasteiger partial charge in [-0.2, -0.15) is 0 Å². The molecule has 0 aliphatic rings. The van der Waals surface area contributed by atoms with Gasteiger partial charge in [-0.3, -0.25) is 4.79 Å². The van der Waals surface area contributed by atoms with E-state index in [1.54, 1.807) is 37.4 Å². The maximum absolute atomic E-state index is 12.3. The number of aromatic nitrogens is 2. The first-order valence-electron chi connectivity index (χ1n) is 7.86. The lowest BCUT2D eigenvalue weighted by molar-refractivity contribution is 0.102. The molecule has 132 valence electrons. The lowest BCUT2D eigenvalue weighted by Crippen LogP contribution is -2.13. The van der Waals surface area contributed by atoms with Crippen LogP contribution in [0.4, 0.5) is 17.3 Å². The highest BCUT2D eigenvalue weighted by molar-refractivity contribution is 6.30. The van der Waals surface area contributed by atoms with Crippen LogP contribution >= 0.6 is 11.6 Å². The predicted octanol–water partition coefficient (Wildman–Crippen LogP) is 4.44. The summed E-state index contributed by atoms with van der Waals surface area (Å²) in [6.07, 6.45) is 2.93. The molecule has 0 saturated heterocycles. The Morgan fingerprint density at radius 1 is 1.12 bits per heavy atom. The van der Waals surface area contributed by atoms with Crippen LogP contribution in [-0.2, 0) is 0 Å². The smallest absolute Gasteiger partial charge is 0.258 e. The molecule has 2 aromatic carbocycles. The van der Waals surface area contributed by atoms with Crippen LogP contribution in [-0.4, -0.2) is 23.0 Å². The number of halogens is 1. The van der Waals surface area contributed by atoms with Crippen molar-refractivity contribution in [2.75, 3.05) is 17.7 Å². The number of aryl methyl sites for hydroxylation is 1. The number of hydrogen-bond donors (Lipinski definition) is 2. The van der Waals surface area contributed by atoms with E-state index in [4.69, 9.17) is 16.3 Å². The zero-order valence-electron chi connectivity index (χ0n) is 14.3. The zero-order valence-corrected chi connectivity index (χ0v) is 15.0. The van der Waals surface area contributed by atoms with Gasteiger partial charge in [-0.15, -0.1) is 0 Å². The van der Waals surface area contributed by atoms with Gasteiger partial charge in [-0.1, -0.05) is 23.7 Å². The Hall–Kier alpha value is -3.12. The van der Waals surface area contributed by atoms with E-state index in [0.717, 1.165) is 11.3 Å². The Kier molecular flexibility index (Phi) is 5.34. The Labute approximate surface area is 156 Å². The molecule has 0 fully saturated rings. The van der Waals surface area contributed by atoms with Gasteiger partial charge >= 0.3 is 0 Å². The SMILES string of the molecule is COc1cccc(NC(=O)c2cnc(Nc3cc(Cl)ccc3C)nc2)c1. The summed E-state index contributed by atoms with van der Waals surface area (Å²) < 4.78 is 5.14. The standard InChI is InChI=1S/C19H17ClN4O2/c1-12-6-7-14(20)8-17(12)24-19-21-10-13(11-22-19)18(25)23-15-4-3-5-16(9-15)26-2/h3-11H,1-2H3,(H,23,25)(H,21,22,24). The molecule has 2 N–H and O–H groups in total. The number of nitrogens with zero attached hydrogens (tertiary/aromatic N) is 2. The normalized spacial score (nSPS) is 10.3. The second-order valence-corrected chi connectivity index (χ2v) is 6.00. The average molecular weight is 369 g/mol. The minimum absolute atomic E-state index is 0.302. The van der Waals surface area contributed by atoms with Crippen LogP contribution in [0.25, 0.3) is 0 Å². The van der Waals surface area contributed by atoms with Crippen LogP contribution in [0.1, 0.15) is 15.9 Å². The van der Waals surface area contributed by atoms with Crippen molar-refractivity contribution in [2.45, 2.75) is 6.92 Å². The third-order valence-electron chi connectivity index (χ3n) is 3.69. The number of ether oxygens (including phenoxy) is 1. The Bertz CT molecular complexity index is 929. The van der Waals surface area contributed by atoms with Gasteiger partial charge in [0, 0.05) is 34.9 Å². The molecular formula is C19H17ClN4O2. The minimum atomic E-state index is -0.302. The molecule has 3 aromatic rings. The highest BCUT2D eigenvalue weighted by Crippen LogP contribution is 2.22. The number of benzene rings is 2. The van der Waals surface area contributed by atoms with E-state index in [0.29, 0.717) is 28.0 Å². The molecule has 3 rings (SSSR count). The molecule has 0 radical (unpaired) electrons. The Morgan fingerprint density at radius 2 is 1.88 bits per heavy atom. The maximum Gasteiger partial charge on any atom is 0.258 e. The molecule has 1 aromatic heterocycles. The van der Waals surface area contributed by atoms with Gasteiger partial charge < -0.3 is 15.4 Å². The molecule has 1 amide bonds. The summed E-state index contributed by atoms with van der Waals surface area (Å²) in [5, 5.41) is 6.49. The van der Waals surface area contributed by atoms with Crippen LogP contribution in [0.15, 0.2) is 54.9 Å². The number of amides is 1. The summed E-state index contributed by atoms with van der Waals surface area (Å²) >= 11 is 6.01. The molecule has 0 aliphatic carbocycles. The van der Waals surface area contributed by atoms with E-state index >= 15 is 0 Å². The highest BCUT2D eigenvalue weighted by Gasteiger charge is 2.09. The largest absolute Gasteiger partial charge is 0.497 e. The van der Waals surface area contributed by atoms with Crippen molar-refractivity contribution in [3.05, 3.63) is 71.0 Å². The number of nitrogens with one attached hydrogen (secondary N) is 2. The van der Waals surface area contributed by atoms with Gasteiger partial charge in [0.2, 0.25) is 5.95 Å². The molecular weight excluding hydrogens is 352 g/mol. The van der Waals surface area contributed by atoms with Crippen molar-refractivity contribution >= 4 is 34.8 Å². The number of anilines is 3. The monoisotopic (exact) mass is 368 g/mol. The molecule has 0 aliphatic heterocycles. The number of rotatable bonds is 5. The van der Waals surface area contributed by atoms with E-state index < -0.39 is 0 Å². The van der Waals surface area contributed by atoms with E-state index in [2.05, 4.69) is 20.6 Å². The summed E-state index contributed by atoms with van der Waals surface area (Å²) in [6.45, 7) is 1.95. The number of hydrogen-bond acceptors (Lipinski definition) is 5. The van der Waals surface area contributed by atoms with Gasteiger partial charge in [0.05, 0.1) is 12.7 Å². The third kappa shape index (κ3) is 4.29. The van der Waals surface area contributed by atoms with Crippen LogP contribution in [0, 0.1) is 6.92 Å². The van der Waals surface area contributed by atoms with Crippen LogP contribution in [0.5, 0.6) is 5.75 Å². The first kappa shape index (κ1) is 17.7. The second kappa shape index (κ2) is 7.84. The Balaban J connectivity index is 1.70. The molecule has 26 heavy (non-hydrogen) atoms. The van der Waals surface area contributed by atoms with Crippen LogP contribution in [0.2, 0.25) is 5.02 Å². The molecule has 1 heterocycles. The summed E-state index contributed by atoms with van der Waals surface area (Å²) in [4.78, 5) is 20.7. The second-order valence-electron chi connectivity index (χ2n) is 5.57. The lowest BCUT2D eigenvalue weighted by atomic mass is 10.2. The van der Waals surface area contributed by atoms with Crippen molar-refractivity contribution in [3.8, 4) is 5.75 Å². The average Bonchev–Trinajstić information content (AvgIpc) is 2.65.